The molecule has 0 aromatic rings. The fraction of sp³-hybridized carbons (Fsp3) is 0.917. The first-order valence-electron chi connectivity index (χ1n) is 5.90. The second kappa shape index (κ2) is 6.05. The molecule has 0 heterocycles. The van der Waals surface area contributed by atoms with Gasteiger partial charge in [0.25, 0.3) is 0 Å². The van der Waals surface area contributed by atoms with Gasteiger partial charge in [0.2, 0.25) is 0 Å². The normalized spacial score (nSPS) is 27.5. The number of carbonyl (C=O) groups is 1. The Morgan fingerprint density at radius 2 is 2.14 bits per heavy atom. The van der Waals surface area contributed by atoms with E-state index in [4.69, 9.17) is 5.11 Å². The van der Waals surface area contributed by atoms with Crippen LogP contribution in [0, 0.1) is 11.8 Å². The second-order valence-corrected chi connectivity index (χ2v) is 4.78. The van der Waals surface area contributed by atoms with E-state index in [1.807, 2.05) is 0 Å². The zero-order valence-electron chi connectivity index (χ0n) is 9.17. The van der Waals surface area contributed by atoms with Crippen molar-refractivity contribution in [1.82, 2.24) is 0 Å². The Kier molecular flexibility index (Phi) is 4.99. The van der Waals surface area contributed by atoms with Crippen molar-refractivity contribution in [3.05, 3.63) is 0 Å². The Bertz CT molecular complexity index is 177. The molecule has 1 saturated carbocycles. The molecule has 1 N–H and O–H groups in total. The van der Waals surface area contributed by atoms with Gasteiger partial charge >= 0.3 is 5.97 Å². The maximum absolute atomic E-state index is 10.3. The number of carboxylic acids is 1. The quantitative estimate of drug-likeness (QED) is 0.687. The van der Waals surface area contributed by atoms with Crippen molar-refractivity contribution in [3.63, 3.8) is 0 Å². The van der Waals surface area contributed by atoms with Crippen LogP contribution < -0.4 is 0 Å². The number of hydrogen-bond donors (Lipinski definition) is 1. The molecule has 2 unspecified atom stereocenters. The second-order valence-electron chi connectivity index (χ2n) is 4.78. The molecule has 1 rings (SSSR count). The molecule has 2 atom stereocenters. The smallest absolute Gasteiger partial charge is 0.303 e. The van der Waals surface area contributed by atoms with E-state index in [9.17, 15) is 4.79 Å². The lowest BCUT2D eigenvalue weighted by Crippen LogP contribution is -2.13. The van der Waals surface area contributed by atoms with Crippen LogP contribution in [-0.4, -0.2) is 11.1 Å². The van der Waals surface area contributed by atoms with E-state index < -0.39 is 5.97 Å². The van der Waals surface area contributed by atoms with Crippen molar-refractivity contribution in [2.24, 2.45) is 11.8 Å². The Morgan fingerprint density at radius 1 is 1.36 bits per heavy atom. The van der Waals surface area contributed by atoms with Crippen molar-refractivity contribution in [2.45, 2.75) is 58.3 Å². The third-order valence-corrected chi connectivity index (χ3v) is 3.30. The van der Waals surface area contributed by atoms with Crippen molar-refractivity contribution in [3.8, 4) is 0 Å². The van der Waals surface area contributed by atoms with Crippen LogP contribution in [0.1, 0.15) is 58.3 Å². The highest BCUT2D eigenvalue weighted by atomic mass is 16.4. The van der Waals surface area contributed by atoms with Gasteiger partial charge in [0.15, 0.2) is 0 Å². The first kappa shape index (κ1) is 11.5. The Morgan fingerprint density at radius 3 is 2.79 bits per heavy atom. The summed E-state index contributed by atoms with van der Waals surface area (Å²) in [7, 11) is 0. The average molecular weight is 198 g/mol. The van der Waals surface area contributed by atoms with Crippen molar-refractivity contribution in [1.29, 1.82) is 0 Å². The summed E-state index contributed by atoms with van der Waals surface area (Å²) in [5.74, 6) is 1.13. The van der Waals surface area contributed by atoms with E-state index in [1.165, 1.54) is 32.1 Å². The third kappa shape index (κ3) is 4.64. The molecule has 2 heteroatoms. The number of aliphatic carboxylic acids is 1. The fourth-order valence-electron chi connectivity index (χ4n) is 2.53. The highest BCUT2D eigenvalue weighted by Crippen LogP contribution is 2.31. The van der Waals surface area contributed by atoms with Gasteiger partial charge in [0.1, 0.15) is 0 Å². The van der Waals surface area contributed by atoms with Gasteiger partial charge in [0.05, 0.1) is 0 Å². The molecular weight excluding hydrogens is 176 g/mol. The summed E-state index contributed by atoms with van der Waals surface area (Å²) in [6, 6.07) is 0. The molecule has 1 aliphatic carbocycles. The Balaban J connectivity index is 2.03. The SMILES string of the molecule is CC1CCCC(CCCCC(=O)O)C1. The average Bonchev–Trinajstić information content (AvgIpc) is 2.12. The highest BCUT2D eigenvalue weighted by molar-refractivity contribution is 5.66. The zero-order valence-corrected chi connectivity index (χ0v) is 9.17. The van der Waals surface area contributed by atoms with Gasteiger partial charge in [-0.05, 0) is 24.7 Å². The maximum Gasteiger partial charge on any atom is 0.303 e. The summed E-state index contributed by atoms with van der Waals surface area (Å²) in [6.07, 6.45) is 9.07. The maximum atomic E-state index is 10.3. The van der Waals surface area contributed by atoms with Crippen LogP contribution in [0.3, 0.4) is 0 Å². The van der Waals surface area contributed by atoms with Gasteiger partial charge < -0.3 is 5.11 Å². The highest BCUT2D eigenvalue weighted by Gasteiger charge is 2.18. The lowest BCUT2D eigenvalue weighted by Gasteiger charge is -2.26. The molecule has 0 amide bonds. The van der Waals surface area contributed by atoms with Crippen LogP contribution >= 0.6 is 0 Å². The van der Waals surface area contributed by atoms with E-state index in [0.29, 0.717) is 6.42 Å². The van der Waals surface area contributed by atoms with E-state index in [1.54, 1.807) is 0 Å². The largest absolute Gasteiger partial charge is 0.481 e. The molecule has 0 aromatic carbocycles. The van der Waals surface area contributed by atoms with E-state index in [-0.39, 0.29) is 0 Å². The fourth-order valence-corrected chi connectivity index (χ4v) is 2.53. The summed E-state index contributed by atoms with van der Waals surface area (Å²) in [5.41, 5.74) is 0. The summed E-state index contributed by atoms with van der Waals surface area (Å²) >= 11 is 0. The molecule has 82 valence electrons. The van der Waals surface area contributed by atoms with Gasteiger partial charge in [0, 0.05) is 6.42 Å². The van der Waals surface area contributed by atoms with Gasteiger partial charge in [-0.15, -0.1) is 0 Å². The third-order valence-electron chi connectivity index (χ3n) is 3.30. The molecule has 0 saturated heterocycles. The topological polar surface area (TPSA) is 37.3 Å². The standard InChI is InChI=1S/C12H22O2/c1-10-5-4-7-11(9-10)6-2-3-8-12(13)14/h10-11H,2-9H2,1H3,(H,13,14). The van der Waals surface area contributed by atoms with Crippen molar-refractivity contribution >= 4 is 5.97 Å². The van der Waals surface area contributed by atoms with Gasteiger partial charge in [-0.2, -0.15) is 0 Å². The minimum absolute atomic E-state index is 0.349. The number of carboxylic acid groups (broad SMARTS) is 1. The number of hydrogen-bond acceptors (Lipinski definition) is 1. The van der Waals surface area contributed by atoms with Gasteiger partial charge in [-0.1, -0.05) is 39.0 Å². The molecule has 1 aliphatic rings. The molecule has 0 bridgehead atoms. The monoisotopic (exact) mass is 198 g/mol. The molecular formula is C12H22O2. The van der Waals surface area contributed by atoms with Crippen LogP contribution in [0.5, 0.6) is 0 Å². The van der Waals surface area contributed by atoms with Crippen LogP contribution in [0.2, 0.25) is 0 Å². The summed E-state index contributed by atoms with van der Waals surface area (Å²) in [4.78, 5) is 10.3. The van der Waals surface area contributed by atoms with E-state index in [0.717, 1.165) is 24.7 Å². The molecule has 0 aliphatic heterocycles. The predicted molar refractivity (Wildman–Crippen MR) is 57.2 cm³/mol. The molecule has 0 spiro atoms. The lowest BCUT2D eigenvalue weighted by atomic mass is 9.80. The molecule has 0 aromatic heterocycles. The molecule has 14 heavy (non-hydrogen) atoms. The Labute approximate surface area is 86.7 Å². The van der Waals surface area contributed by atoms with Crippen LogP contribution in [0.15, 0.2) is 0 Å². The van der Waals surface area contributed by atoms with Gasteiger partial charge in [-0.3, -0.25) is 4.79 Å². The lowest BCUT2D eigenvalue weighted by molar-refractivity contribution is -0.137. The van der Waals surface area contributed by atoms with Gasteiger partial charge in [-0.25, -0.2) is 0 Å². The predicted octanol–water partition coefficient (Wildman–Crippen LogP) is 3.46. The molecule has 0 radical (unpaired) electrons. The summed E-state index contributed by atoms with van der Waals surface area (Å²) in [6.45, 7) is 2.34. The van der Waals surface area contributed by atoms with E-state index >= 15 is 0 Å². The minimum Gasteiger partial charge on any atom is -0.481 e. The van der Waals surface area contributed by atoms with Crippen molar-refractivity contribution < 1.29 is 9.90 Å². The summed E-state index contributed by atoms with van der Waals surface area (Å²) < 4.78 is 0. The van der Waals surface area contributed by atoms with Crippen molar-refractivity contribution in [2.75, 3.05) is 0 Å². The number of unbranched alkanes of at least 4 members (excludes halogenated alkanes) is 1. The first-order chi connectivity index (χ1) is 6.68. The van der Waals surface area contributed by atoms with Crippen LogP contribution in [0.25, 0.3) is 0 Å². The number of rotatable bonds is 5. The van der Waals surface area contributed by atoms with E-state index in [2.05, 4.69) is 6.92 Å². The molecule has 2 nitrogen and oxygen atoms in total. The molecule has 1 fully saturated rings. The van der Waals surface area contributed by atoms with Crippen LogP contribution in [-0.2, 0) is 4.79 Å². The Hall–Kier alpha value is -0.530. The summed E-state index contributed by atoms with van der Waals surface area (Å²) in [5, 5.41) is 8.49. The zero-order chi connectivity index (χ0) is 10.4. The first-order valence-corrected chi connectivity index (χ1v) is 5.90. The minimum atomic E-state index is -0.651. The van der Waals surface area contributed by atoms with Crippen LogP contribution in [0.4, 0.5) is 0 Å².